The van der Waals surface area contributed by atoms with Crippen molar-refractivity contribution in [2.24, 2.45) is 0 Å². The van der Waals surface area contributed by atoms with Crippen molar-refractivity contribution in [3.8, 4) is 0 Å². The van der Waals surface area contributed by atoms with Crippen molar-refractivity contribution in [1.82, 2.24) is 14.8 Å². The largest absolute Gasteiger partial charge is 0.416 e. The highest BCUT2D eigenvalue weighted by atomic mass is 35.5. The van der Waals surface area contributed by atoms with Gasteiger partial charge in [-0.1, -0.05) is 35.5 Å². The minimum atomic E-state index is -4.55. The third kappa shape index (κ3) is 7.54. The Morgan fingerprint density at radius 1 is 1.16 bits per heavy atom. The summed E-state index contributed by atoms with van der Waals surface area (Å²) in [5.41, 5.74) is -1.10. The Balaban J connectivity index is 1.65. The van der Waals surface area contributed by atoms with Gasteiger partial charge in [0.1, 0.15) is 5.82 Å². The van der Waals surface area contributed by atoms with Gasteiger partial charge in [0, 0.05) is 24.4 Å². The quantitative estimate of drug-likeness (QED) is 0.157. The molecule has 37 heavy (non-hydrogen) atoms. The molecule has 10 nitrogen and oxygen atoms in total. The van der Waals surface area contributed by atoms with Crippen LogP contribution < -0.4 is 10.6 Å². The normalized spacial score (nSPS) is 11.1. The molecule has 0 fully saturated rings. The average molecular weight is 555 g/mol. The predicted octanol–water partition coefficient (Wildman–Crippen LogP) is 4.96. The molecule has 1 heterocycles. The maximum absolute atomic E-state index is 12.9. The van der Waals surface area contributed by atoms with Crippen molar-refractivity contribution in [2.75, 3.05) is 16.4 Å². The van der Waals surface area contributed by atoms with Crippen LogP contribution in [0.25, 0.3) is 0 Å². The molecule has 0 aliphatic carbocycles. The van der Waals surface area contributed by atoms with E-state index in [4.69, 9.17) is 11.6 Å². The Labute approximate surface area is 217 Å². The fraction of sp³-hybridized carbons (Fsp3) is 0.182. The van der Waals surface area contributed by atoms with Crippen molar-refractivity contribution in [3.63, 3.8) is 0 Å². The molecule has 2 aromatic carbocycles. The van der Waals surface area contributed by atoms with Crippen LogP contribution in [0.4, 0.5) is 30.2 Å². The maximum Gasteiger partial charge on any atom is 0.416 e. The first-order valence-electron chi connectivity index (χ1n) is 10.3. The van der Waals surface area contributed by atoms with Crippen LogP contribution in [0.3, 0.4) is 0 Å². The predicted molar refractivity (Wildman–Crippen MR) is 131 cm³/mol. The Bertz CT molecular complexity index is 1350. The molecule has 194 valence electrons. The van der Waals surface area contributed by atoms with Gasteiger partial charge < -0.3 is 15.2 Å². The molecule has 0 radical (unpaired) electrons. The molecule has 2 N–H and O–H groups in total. The number of carbonyl (C=O) groups excluding carboxylic acids is 2. The summed E-state index contributed by atoms with van der Waals surface area (Å²) in [6, 6.07) is 7.85. The van der Waals surface area contributed by atoms with Crippen LogP contribution in [0.15, 0.2) is 60.3 Å². The van der Waals surface area contributed by atoms with Crippen LogP contribution >= 0.6 is 23.4 Å². The number of nitro benzene ring substituents is 1. The molecule has 15 heteroatoms. The molecular weight excluding hydrogens is 537 g/mol. The number of hydrogen-bond acceptors (Lipinski definition) is 7. The molecule has 2 amide bonds. The Morgan fingerprint density at radius 2 is 1.92 bits per heavy atom. The van der Waals surface area contributed by atoms with Gasteiger partial charge in [-0.3, -0.25) is 19.7 Å². The molecule has 1 aromatic heterocycles. The summed E-state index contributed by atoms with van der Waals surface area (Å²) in [5, 5.41) is 24.2. The lowest BCUT2D eigenvalue weighted by Gasteiger charge is -2.11. The van der Waals surface area contributed by atoms with E-state index in [1.54, 1.807) is 0 Å². The van der Waals surface area contributed by atoms with E-state index in [1.165, 1.54) is 34.9 Å². The first-order valence-corrected chi connectivity index (χ1v) is 11.7. The third-order valence-electron chi connectivity index (χ3n) is 4.66. The van der Waals surface area contributed by atoms with Gasteiger partial charge in [-0.05, 0) is 24.3 Å². The van der Waals surface area contributed by atoms with E-state index in [-0.39, 0.29) is 51.8 Å². The monoisotopic (exact) mass is 554 g/mol. The Hall–Kier alpha value is -3.91. The highest BCUT2D eigenvalue weighted by Crippen LogP contribution is 2.31. The van der Waals surface area contributed by atoms with E-state index in [2.05, 4.69) is 27.4 Å². The number of aromatic nitrogens is 3. The first-order chi connectivity index (χ1) is 17.5. The molecule has 0 atom stereocenters. The van der Waals surface area contributed by atoms with E-state index in [1.807, 2.05) is 0 Å². The van der Waals surface area contributed by atoms with E-state index in [0.717, 1.165) is 30.0 Å². The zero-order valence-corrected chi connectivity index (χ0v) is 20.4. The number of nitrogens with one attached hydrogen (secondary N) is 2. The number of alkyl halides is 3. The number of rotatable bonds is 10. The van der Waals surface area contributed by atoms with Gasteiger partial charge in [0.25, 0.3) is 5.69 Å². The summed E-state index contributed by atoms with van der Waals surface area (Å²) < 4.78 is 40.2. The molecule has 0 aliphatic rings. The van der Waals surface area contributed by atoms with Gasteiger partial charge in [-0.2, -0.15) is 13.2 Å². The van der Waals surface area contributed by atoms with E-state index in [0.29, 0.717) is 0 Å². The molecule has 0 spiro atoms. The number of nitro groups is 1. The van der Waals surface area contributed by atoms with Crippen molar-refractivity contribution in [3.05, 3.63) is 81.6 Å². The number of benzene rings is 2. The molecular formula is C22H18ClF3N6O4S. The standard InChI is InChI=1S/C22H18ClF3N6O4S/c1-2-8-31-18(11-19(33)27-14-5-3-4-13(9-14)22(24,25)26)29-30-21(31)37-12-20(34)28-17-10-15(32(35)36)6-7-16(17)23/h2-7,9-10H,1,8,11-12H2,(H,27,33)(H,28,34). The molecule has 0 unspecified atom stereocenters. The second-order valence-corrected chi connectivity index (χ2v) is 8.71. The number of non-ortho nitro benzene ring substituents is 1. The molecule has 0 saturated carbocycles. The van der Waals surface area contributed by atoms with Crippen LogP contribution in [0.2, 0.25) is 5.02 Å². The van der Waals surface area contributed by atoms with Crippen LogP contribution in [-0.4, -0.2) is 37.3 Å². The lowest BCUT2D eigenvalue weighted by atomic mass is 10.2. The van der Waals surface area contributed by atoms with Crippen molar-refractivity contribution < 1.29 is 27.7 Å². The van der Waals surface area contributed by atoms with Crippen LogP contribution in [0.1, 0.15) is 11.4 Å². The molecule has 0 aliphatic heterocycles. The molecule has 3 aromatic rings. The smallest absolute Gasteiger partial charge is 0.326 e. The first kappa shape index (κ1) is 27.7. The van der Waals surface area contributed by atoms with Gasteiger partial charge in [-0.15, -0.1) is 16.8 Å². The number of amides is 2. The summed E-state index contributed by atoms with van der Waals surface area (Å²) in [4.78, 5) is 35.2. The van der Waals surface area contributed by atoms with Gasteiger partial charge in [0.15, 0.2) is 5.16 Å². The van der Waals surface area contributed by atoms with Crippen molar-refractivity contribution in [1.29, 1.82) is 0 Å². The lowest BCUT2D eigenvalue weighted by Crippen LogP contribution is -2.18. The van der Waals surface area contributed by atoms with Crippen LogP contribution in [-0.2, 0) is 28.7 Å². The van der Waals surface area contributed by atoms with Crippen LogP contribution in [0.5, 0.6) is 0 Å². The van der Waals surface area contributed by atoms with E-state index in [9.17, 15) is 32.9 Å². The number of allylic oxidation sites excluding steroid dienone is 1. The minimum Gasteiger partial charge on any atom is -0.326 e. The topological polar surface area (TPSA) is 132 Å². The van der Waals surface area contributed by atoms with Crippen LogP contribution in [0, 0.1) is 10.1 Å². The van der Waals surface area contributed by atoms with Gasteiger partial charge >= 0.3 is 6.18 Å². The molecule has 0 bridgehead atoms. The molecule has 3 rings (SSSR count). The number of thioether (sulfide) groups is 1. The number of anilines is 2. The van der Waals surface area contributed by atoms with E-state index < -0.39 is 28.5 Å². The summed E-state index contributed by atoms with van der Waals surface area (Å²) in [5.74, 6) is -1.10. The number of nitrogens with zero attached hydrogens (tertiary/aromatic N) is 4. The summed E-state index contributed by atoms with van der Waals surface area (Å²) in [7, 11) is 0. The highest BCUT2D eigenvalue weighted by molar-refractivity contribution is 7.99. The highest BCUT2D eigenvalue weighted by Gasteiger charge is 2.30. The molecule has 0 saturated heterocycles. The number of halogens is 4. The average Bonchev–Trinajstić information content (AvgIpc) is 3.19. The summed E-state index contributed by atoms with van der Waals surface area (Å²) >= 11 is 6.98. The fourth-order valence-electron chi connectivity index (χ4n) is 3.03. The fourth-order valence-corrected chi connectivity index (χ4v) is 3.96. The zero-order chi connectivity index (χ0) is 27.2. The SMILES string of the molecule is C=CCn1c(CC(=O)Nc2cccc(C(F)(F)F)c2)nnc1SCC(=O)Nc1cc([N+](=O)[O-])ccc1Cl. The number of hydrogen-bond donors (Lipinski definition) is 2. The second-order valence-electron chi connectivity index (χ2n) is 7.36. The summed E-state index contributed by atoms with van der Waals surface area (Å²) in [6.07, 6.45) is -3.33. The van der Waals surface area contributed by atoms with Crippen molar-refractivity contribution >= 4 is 52.2 Å². The Morgan fingerprint density at radius 3 is 2.59 bits per heavy atom. The van der Waals surface area contributed by atoms with Gasteiger partial charge in [0.05, 0.1) is 33.4 Å². The maximum atomic E-state index is 12.9. The third-order valence-corrected chi connectivity index (χ3v) is 5.96. The van der Waals surface area contributed by atoms with Gasteiger partial charge in [-0.25, -0.2) is 0 Å². The van der Waals surface area contributed by atoms with Gasteiger partial charge in [0.2, 0.25) is 11.8 Å². The Kier molecular flexibility index (Phi) is 8.89. The zero-order valence-electron chi connectivity index (χ0n) is 18.8. The summed E-state index contributed by atoms with van der Waals surface area (Å²) in [6.45, 7) is 3.83. The van der Waals surface area contributed by atoms with E-state index >= 15 is 0 Å². The number of carbonyl (C=O) groups is 2. The lowest BCUT2D eigenvalue weighted by molar-refractivity contribution is -0.384. The second kappa shape index (κ2) is 11.9. The minimum absolute atomic E-state index is 0.0271. The van der Waals surface area contributed by atoms with Crippen molar-refractivity contribution in [2.45, 2.75) is 24.3 Å².